The molecule has 3 N–H and O–H groups in total. The highest BCUT2D eigenvalue weighted by molar-refractivity contribution is 7.88. The van der Waals surface area contributed by atoms with E-state index in [1.165, 1.54) is 118 Å². The van der Waals surface area contributed by atoms with Crippen molar-refractivity contribution >= 4 is 126 Å². The minimum absolute atomic E-state index is 0.0344. The number of hydroxylamine groups is 2. The largest absolute Gasteiger partial charge is 0.468 e. The Balaban J connectivity index is 0.000000687. The minimum atomic E-state index is -3.23. The number of nitrogens with zero attached hydrogens (tertiary/aromatic N) is 21. The third-order valence-corrected chi connectivity index (χ3v) is 17.4. The van der Waals surface area contributed by atoms with Gasteiger partial charge in [-0.2, -0.15) is 4.31 Å². The second-order valence-electron chi connectivity index (χ2n) is 24.2. The summed E-state index contributed by atoms with van der Waals surface area (Å²) in [5, 5.41) is 54.8. The van der Waals surface area contributed by atoms with Gasteiger partial charge in [0.1, 0.15) is 120 Å². The molecule has 48 heteroatoms. The first-order chi connectivity index (χ1) is 54.3. The highest BCUT2D eigenvalue weighted by Gasteiger charge is 2.34. The summed E-state index contributed by atoms with van der Waals surface area (Å²) in [4.78, 5) is 168. The number of amides is 7. The number of piperidine rings is 1. The summed E-state index contributed by atoms with van der Waals surface area (Å²) in [6.45, 7) is 18.9. The maximum absolute atomic E-state index is 12.5. The van der Waals surface area contributed by atoms with Gasteiger partial charge in [0.2, 0.25) is 15.9 Å². The molecule has 0 saturated carbocycles. The highest BCUT2D eigenvalue weighted by atomic mass is 32.2. The van der Waals surface area contributed by atoms with E-state index in [1.54, 1.807) is 56.2 Å². The highest BCUT2D eigenvalue weighted by Crippen LogP contribution is 2.14. The van der Waals surface area contributed by atoms with Crippen LogP contribution in [-0.2, 0) is 116 Å². The standard InChI is InChI=1S/C13H22N4O5.C12H21N5O4.C11H20N4O5S.C11H19N3O3.C10H17N3O4.C9H15N3O4/c1-10(14-21-3)12(15-22-4)13(19)17-7-5-16(6-8-17)9-11(18)20-2;1-9(14-20-2)11(15-21-3)12(19)17-6-4-16(5-7-17)8-10(13)18;1-9(12-19-2)10(13-20-3)11(16)14-5-7-15(8-6-14)21(4,17)18;1-9(12-16-2)10(13-17-3)11(15)14-7-5-4-6-8-14;1-7(11-16-2)9(12-17-3)10(15)13-5-4-8(14)6-13;1-7(10-14-2)8(11-15-3)9(13)12-5-4-6-16-12/h5-9H2,1-4H3;4-8H2,1-3H3,(H2,13,18);5-8H2,1-4H3;4-8H2,1-3H3;8,14H,4-6H2,1-3H3;4-6H2,1-3H3. The number of aliphatic hydroxyl groups is 1. The van der Waals surface area contributed by atoms with Crippen LogP contribution in [0.15, 0.2) is 61.9 Å². The Kier molecular flexibility index (Phi) is 50.0. The van der Waals surface area contributed by atoms with Crippen molar-refractivity contribution in [3.63, 3.8) is 0 Å². The number of likely N-dealkylation sites (tertiary alicyclic amines) is 2. The van der Waals surface area contributed by atoms with Crippen LogP contribution in [0.1, 0.15) is 73.6 Å². The average Bonchev–Trinajstić information content (AvgIpc) is 1.16. The lowest BCUT2D eigenvalue weighted by atomic mass is 10.1. The molecule has 1 unspecified atom stereocenters. The van der Waals surface area contributed by atoms with Crippen molar-refractivity contribution in [3.05, 3.63) is 0 Å². The fourth-order valence-electron chi connectivity index (χ4n) is 10.6. The molecule has 114 heavy (non-hydrogen) atoms. The number of sulfonamides is 1. The fraction of sp³-hybridized carbons (Fsp3) is 0.697. The van der Waals surface area contributed by atoms with E-state index in [9.17, 15) is 51.9 Å². The fourth-order valence-corrected chi connectivity index (χ4v) is 11.4. The number of rotatable bonds is 29. The van der Waals surface area contributed by atoms with Gasteiger partial charge in [-0.1, -0.05) is 61.9 Å². The molecule has 0 spiro atoms. The van der Waals surface area contributed by atoms with Crippen LogP contribution < -0.4 is 5.73 Å². The number of nitrogens with two attached hydrogens (primary N) is 1. The Bertz CT molecular complexity index is 3520. The summed E-state index contributed by atoms with van der Waals surface area (Å²) in [5.74, 6) is -2.44. The van der Waals surface area contributed by atoms with Crippen molar-refractivity contribution in [2.75, 3.05) is 230 Å². The van der Waals surface area contributed by atoms with Crippen LogP contribution in [0.4, 0.5) is 0 Å². The Morgan fingerprint density at radius 1 is 0.360 bits per heavy atom. The van der Waals surface area contributed by atoms with Crippen molar-refractivity contribution in [2.24, 2.45) is 67.6 Å². The molecule has 7 amide bonds. The van der Waals surface area contributed by atoms with Crippen LogP contribution >= 0.6 is 0 Å². The number of hydrogen-bond acceptors (Lipinski definition) is 39. The topological polar surface area (TPSA) is 524 Å². The van der Waals surface area contributed by atoms with Gasteiger partial charge < -0.3 is 98.1 Å². The van der Waals surface area contributed by atoms with Gasteiger partial charge in [0.25, 0.3) is 29.5 Å². The molecule has 0 radical (unpaired) electrons. The summed E-state index contributed by atoms with van der Waals surface area (Å²) < 4.78 is 28.8. The molecule has 6 rings (SSSR count). The molecule has 0 aromatic carbocycles. The predicted molar refractivity (Wildman–Crippen MR) is 418 cm³/mol. The number of carbonyl (C=O) groups is 8. The van der Waals surface area contributed by atoms with E-state index in [1.807, 2.05) is 9.80 Å². The Hall–Kier alpha value is -10.8. The molecule has 0 bridgehead atoms. The Morgan fingerprint density at radius 2 is 0.640 bits per heavy atom. The van der Waals surface area contributed by atoms with Crippen LogP contribution in [0.3, 0.4) is 0 Å². The molecule has 0 aromatic heterocycles. The van der Waals surface area contributed by atoms with E-state index in [2.05, 4.69) is 120 Å². The number of primary amides is 1. The third kappa shape index (κ3) is 36.3. The van der Waals surface area contributed by atoms with Crippen LogP contribution in [0.5, 0.6) is 0 Å². The lowest BCUT2D eigenvalue weighted by molar-refractivity contribution is -0.160. The number of oxime groups is 12. The second kappa shape index (κ2) is 56.4. The van der Waals surface area contributed by atoms with Crippen LogP contribution in [0.25, 0.3) is 0 Å². The summed E-state index contributed by atoms with van der Waals surface area (Å²) >= 11 is 0. The molecule has 644 valence electrons. The van der Waals surface area contributed by atoms with Crippen molar-refractivity contribution in [2.45, 2.75) is 79.8 Å². The van der Waals surface area contributed by atoms with Gasteiger partial charge in [-0.25, -0.2) is 13.5 Å². The molecular weight excluding hydrogens is 1530 g/mol. The van der Waals surface area contributed by atoms with Crippen LogP contribution in [0.2, 0.25) is 0 Å². The molecule has 6 heterocycles. The number of aliphatic hydroxyl groups excluding tert-OH is 1. The first kappa shape index (κ1) is 101. The molecule has 6 aliphatic heterocycles. The van der Waals surface area contributed by atoms with Crippen molar-refractivity contribution in [3.8, 4) is 0 Å². The Morgan fingerprint density at radius 3 is 0.895 bits per heavy atom. The lowest BCUT2D eigenvalue weighted by Gasteiger charge is -2.34. The van der Waals surface area contributed by atoms with Gasteiger partial charge >= 0.3 is 11.9 Å². The zero-order valence-corrected chi connectivity index (χ0v) is 69.7. The number of piperazine rings is 3. The lowest BCUT2D eigenvalue weighted by Crippen LogP contribution is -2.52. The first-order valence-electron chi connectivity index (χ1n) is 35.3. The number of carbonyl (C=O) groups excluding carboxylic acids is 8. The normalized spacial score (nSPS) is 18.3. The molecule has 6 aliphatic rings. The van der Waals surface area contributed by atoms with Crippen molar-refractivity contribution in [1.29, 1.82) is 0 Å². The number of β-amino-alcohol motifs (C(OH)–C–C–N with tert-alkyl or cyclic N) is 1. The van der Waals surface area contributed by atoms with Crippen molar-refractivity contribution in [1.82, 2.24) is 43.7 Å². The van der Waals surface area contributed by atoms with E-state index < -0.39 is 16.1 Å². The van der Waals surface area contributed by atoms with Gasteiger partial charge in [-0.3, -0.25) is 53.0 Å². The van der Waals surface area contributed by atoms with E-state index in [-0.39, 0.29) is 127 Å². The van der Waals surface area contributed by atoms with Crippen LogP contribution in [0, 0.1) is 0 Å². The molecule has 0 aromatic rings. The predicted octanol–water partition coefficient (Wildman–Crippen LogP) is -2.11. The van der Waals surface area contributed by atoms with E-state index in [4.69, 9.17) is 15.4 Å². The van der Waals surface area contributed by atoms with Gasteiger partial charge in [-0.05, 0) is 73.6 Å². The maximum Gasteiger partial charge on any atom is 0.319 e. The van der Waals surface area contributed by atoms with Gasteiger partial charge in [-0.15, -0.1) is 0 Å². The summed E-state index contributed by atoms with van der Waals surface area (Å²) in [6.07, 6.45) is 5.31. The number of methoxy groups -OCH3 is 1. The second-order valence-corrected chi connectivity index (χ2v) is 26.1. The first-order valence-corrected chi connectivity index (χ1v) is 37.2. The van der Waals surface area contributed by atoms with E-state index >= 15 is 0 Å². The minimum Gasteiger partial charge on any atom is -0.468 e. The molecule has 0 aliphatic carbocycles. The van der Waals surface area contributed by atoms with Gasteiger partial charge in [0.05, 0.1) is 45.7 Å². The SMILES string of the molecule is CON=C(C)C(=NOC)C(=O)N1CCC(O)C1.CON=C(C)C(=NOC)C(=O)N1CCCCC1.CON=C(C)C(=NOC)C(=O)N1CCCO1.CON=C(C)C(=NOC)C(=O)N1CCN(CC(=O)OC)CC1.CON=C(C)C(=NOC)C(=O)N1CCN(CC(N)=O)CC1.CON=C(C)C(=NOC)C(=O)N1CCN(S(C)(=O)=O)CC1. The summed E-state index contributed by atoms with van der Waals surface area (Å²) in [6, 6.07) is 0. The molecule has 6 saturated heterocycles. The number of esters is 1. The van der Waals surface area contributed by atoms with Crippen LogP contribution in [-0.4, -0.2) is 409 Å². The van der Waals surface area contributed by atoms with E-state index in [0.717, 1.165) is 38.6 Å². The van der Waals surface area contributed by atoms with Gasteiger partial charge in [0, 0.05) is 105 Å². The number of ether oxygens (including phenoxy) is 1. The molecule has 47 nitrogen and oxygen atoms in total. The summed E-state index contributed by atoms with van der Waals surface area (Å²) in [7, 11) is 14.6. The third-order valence-electron chi connectivity index (χ3n) is 16.1. The smallest absolute Gasteiger partial charge is 0.319 e. The molecule has 1 atom stereocenters. The summed E-state index contributed by atoms with van der Waals surface area (Å²) in [5.41, 5.74) is 7.81. The number of hydrogen-bond donors (Lipinski definition) is 2. The average molecular weight is 1650 g/mol. The zero-order valence-electron chi connectivity index (χ0n) is 68.9. The van der Waals surface area contributed by atoms with Gasteiger partial charge in [0.15, 0.2) is 34.3 Å². The molecular formula is C66H114N22O25S. The van der Waals surface area contributed by atoms with E-state index in [0.29, 0.717) is 114 Å². The molecule has 6 fully saturated rings. The monoisotopic (exact) mass is 1650 g/mol. The van der Waals surface area contributed by atoms with Crippen molar-refractivity contribution < 1.29 is 120 Å². The Labute approximate surface area is 663 Å². The zero-order chi connectivity index (χ0) is 85.9. The quantitative estimate of drug-likeness (QED) is 0.0459. The maximum atomic E-state index is 12.5.